The number of thioether (sulfide) groups is 1. The number of halogens is 1. The van der Waals surface area contributed by atoms with E-state index in [2.05, 4.69) is 46.5 Å². The van der Waals surface area contributed by atoms with Crippen LogP contribution >= 0.6 is 23.4 Å². The van der Waals surface area contributed by atoms with Gasteiger partial charge in [-0.15, -0.1) is 0 Å². The second-order valence-electron chi connectivity index (χ2n) is 4.26. The van der Waals surface area contributed by atoms with Gasteiger partial charge in [0.15, 0.2) is 5.16 Å². The molecule has 1 atom stereocenters. The SMILES string of the molecule is CSc1nc(Cl)cc(NCC(C)c2ccccc2)n1. The molecule has 1 heterocycles. The van der Waals surface area contributed by atoms with Gasteiger partial charge in [0.2, 0.25) is 0 Å². The van der Waals surface area contributed by atoms with Crippen LogP contribution in [0.15, 0.2) is 41.6 Å². The third-order valence-corrected chi connectivity index (χ3v) is 3.56. The summed E-state index contributed by atoms with van der Waals surface area (Å²) >= 11 is 7.44. The number of anilines is 1. The van der Waals surface area contributed by atoms with Crippen molar-refractivity contribution in [2.45, 2.75) is 18.0 Å². The first-order chi connectivity index (χ1) is 9.19. The third-order valence-electron chi connectivity index (χ3n) is 2.81. The Balaban J connectivity index is 2.01. The Morgan fingerprint density at radius 1 is 1.26 bits per heavy atom. The molecule has 5 heteroatoms. The van der Waals surface area contributed by atoms with E-state index in [-0.39, 0.29) is 0 Å². The van der Waals surface area contributed by atoms with Gasteiger partial charge in [-0.3, -0.25) is 0 Å². The lowest BCUT2D eigenvalue weighted by molar-refractivity contribution is 0.797. The fourth-order valence-electron chi connectivity index (χ4n) is 1.74. The molecule has 3 nitrogen and oxygen atoms in total. The summed E-state index contributed by atoms with van der Waals surface area (Å²) in [5, 5.41) is 4.46. The molecule has 1 aromatic heterocycles. The first-order valence-corrected chi connectivity index (χ1v) is 7.66. The van der Waals surface area contributed by atoms with Crippen molar-refractivity contribution in [1.29, 1.82) is 0 Å². The molecule has 0 bridgehead atoms. The van der Waals surface area contributed by atoms with Gasteiger partial charge in [-0.05, 0) is 17.7 Å². The van der Waals surface area contributed by atoms with E-state index in [0.29, 0.717) is 16.2 Å². The van der Waals surface area contributed by atoms with Gasteiger partial charge >= 0.3 is 0 Å². The average Bonchev–Trinajstić information content (AvgIpc) is 2.45. The standard InChI is InChI=1S/C14H16ClN3S/c1-10(11-6-4-3-5-7-11)9-16-13-8-12(15)17-14(18-13)19-2/h3-8,10H,9H2,1-2H3,(H,16,17,18). The number of aromatic nitrogens is 2. The smallest absolute Gasteiger partial charge is 0.190 e. The summed E-state index contributed by atoms with van der Waals surface area (Å²) in [6.07, 6.45) is 1.93. The zero-order valence-corrected chi connectivity index (χ0v) is 12.5. The van der Waals surface area contributed by atoms with Crippen molar-refractivity contribution >= 4 is 29.2 Å². The van der Waals surface area contributed by atoms with Crippen molar-refractivity contribution in [3.05, 3.63) is 47.1 Å². The van der Waals surface area contributed by atoms with E-state index >= 15 is 0 Å². The van der Waals surface area contributed by atoms with E-state index in [1.54, 1.807) is 6.07 Å². The zero-order valence-electron chi connectivity index (χ0n) is 10.9. The van der Waals surface area contributed by atoms with Gasteiger partial charge < -0.3 is 5.32 Å². The lowest BCUT2D eigenvalue weighted by atomic mass is 10.0. The van der Waals surface area contributed by atoms with Gasteiger partial charge in [0.05, 0.1) is 0 Å². The van der Waals surface area contributed by atoms with E-state index < -0.39 is 0 Å². The lowest BCUT2D eigenvalue weighted by Crippen LogP contribution is -2.11. The molecule has 2 rings (SSSR count). The molecule has 100 valence electrons. The van der Waals surface area contributed by atoms with Crippen molar-refractivity contribution < 1.29 is 0 Å². The highest BCUT2D eigenvalue weighted by molar-refractivity contribution is 7.98. The molecule has 0 aliphatic heterocycles. The van der Waals surface area contributed by atoms with Gasteiger partial charge in [0.1, 0.15) is 11.0 Å². The van der Waals surface area contributed by atoms with Crippen LogP contribution in [0.1, 0.15) is 18.4 Å². The van der Waals surface area contributed by atoms with Crippen LogP contribution in [-0.2, 0) is 0 Å². The van der Waals surface area contributed by atoms with Crippen LogP contribution in [-0.4, -0.2) is 22.8 Å². The second kappa shape index (κ2) is 6.78. The van der Waals surface area contributed by atoms with E-state index in [9.17, 15) is 0 Å². The highest BCUT2D eigenvalue weighted by Crippen LogP contribution is 2.19. The first kappa shape index (κ1) is 14.2. The van der Waals surface area contributed by atoms with Crippen molar-refractivity contribution in [3.8, 4) is 0 Å². The molecule has 0 saturated heterocycles. The summed E-state index contributed by atoms with van der Waals surface area (Å²) in [4.78, 5) is 8.49. The van der Waals surface area contributed by atoms with E-state index in [1.165, 1.54) is 17.3 Å². The van der Waals surface area contributed by atoms with Crippen LogP contribution in [0.4, 0.5) is 5.82 Å². The summed E-state index contributed by atoms with van der Waals surface area (Å²) in [6.45, 7) is 2.99. The van der Waals surface area contributed by atoms with E-state index in [1.807, 2.05) is 12.3 Å². The Labute approximate surface area is 122 Å². The Bertz CT molecular complexity index is 533. The molecular formula is C14H16ClN3S. The first-order valence-electron chi connectivity index (χ1n) is 6.06. The lowest BCUT2D eigenvalue weighted by Gasteiger charge is -2.13. The summed E-state index contributed by atoms with van der Waals surface area (Å²) in [7, 11) is 0. The topological polar surface area (TPSA) is 37.8 Å². The van der Waals surface area contributed by atoms with Crippen LogP contribution in [0.25, 0.3) is 0 Å². The zero-order chi connectivity index (χ0) is 13.7. The minimum Gasteiger partial charge on any atom is -0.369 e. The monoisotopic (exact) mass is 293 g/mol. The van der Waals surface area contributed by atoms with Crippen molar-refractivity contribution in [2.75, 3.05) is 18.1 Å². The Kier molecular flexibility index (Phi) is 5.05. The highest BCUT2D eigenvalue weighted by atomic mass is 35.5. The number of hydrogen-bond donors (Lipinski definition) is 1. The summed E-state index contributed by atoms with van der Waals surface area (Å²) in [6, 6.07) is 12.1. The van der Waals surface area contributed by atoms with E-state index in [4.69, 9.17) is 11.6 Å². The fourth-order valence-corrected chi connectivity index (χ4v) is 2.35. The molecule has 19 heavy (non-hydrogen) atoms. The fraction of sp³-hybridized carbons (Fsp3) is 0.286. The normalized spacial score (nSPS) is 12.2. The quantitative estimate of drug-likeness (QED) is 0.512. The number of hydrogen-bond acceptors (Lipinski definition) is 4. The van der Waals surface area contributed by atoms with Crippen LogP contribution < -0.4 is 5.32 Å². The van der Waals surface area contributed by atoms with E-state index in [0.717, 1.165) is 12.4 Å². The van der Waals surface area contributed by atoms with Crippen LogP contribution in [0.3, 0.4) is 0 Å². The molecule has 0 aliphatic carbocycles. The molecule has 0 fully saturated rings. The average molecular weight is 294 g/mol. The van der Waals surface area contributed by atoms with Gasteiger partial charge in [0, 0.05) is 12.6 Å². The Morgan fingerprint density at radius 2 is 2.00 bits per heavy atom. The molecule has 1 N–H and O–H groups in total. The van der Waals surface area contributed by atoms with Crippen LogP contribution in [0.2, 0.25) is 5.15 Å². The number of benzene rings is 1. The molecule has 0 radical (unpaired) electrons. The molecule has 0 saturated carbocycles. The van der Waals surface area contributed by atoms with Crippen LogP contribution in [0.5, 0.6) is 0 Å². The van der Waals surface area contributed by atoms with Gasteiger partial charge in [-0.2, -0.15) is 0 Å². The minimum atomic E-state index is 0.410. The van der Waals surface area contributed by atoms with Crippen molar-refractivity contribution in [2.24, 2.45) is 0 Å². The van der Waals surface area contributed by atoms with Crippen molar-refractivity contribution in [3.63, 3.8) is 0 Å². The summed E-state index contributed by atoms with van der Waals surface area (Å²) in [5.41, 5.74) is 1.31. The number of nitrogens with zero attached hydrogens (tertiary/aromatic N) is 2. The maximum Gasteiger partial charge on any atom is 0.190 e. The molecule has 0 amide bonds. The molecule has 2 aromatic rings. The minimum absolute atomic E-state index is 0.410. The molecule has 0 aliphatic rings. The maximum atomic E-state index is 5.96. The van der Waals surface area contributed by atoms with Gasteiger partial charge in [-0.1, -0.05) is 60.6 Å². The Hall–Kier alpha value is -1.26. The summed E-state index contributed by atoms with van der Waals surface area (Å²) in [5.74, 6) is 1.18. The Morgan fingerprint density at radius 3 is 2.68 bits per heavy atom. The largest absolute Gasteiger partial charge is 0.369 e. The molecular weight excluding hydrogens is 278 g/mol. The highest BCUT2D eigenvalue weighted by Gasteiger charge is 2.06. The molecule has 1 aromatic carbocycles. The number of rotatable bonds is 5. The van der Waals surface area contributed by atoms with Crippen LogP contribution in [0, 0.1) is 0 Å². The predicted molar refractivity (Wildman–Crippen MR) is 82.2 cm³/mol. The molecule has 1 unspecified atom stereocenters. The third kappa shape index (κ3) is 4.11. The van der Waals surface area contributed by atoms with Crippen molar-refractivity contribution in [1.82, 2.24) is 9.97 Å². The summed E-state index contributed by atoms with van der Waals surface area (Å²) < 4.78 is 0. The second-order valence-corrected chi connectivity index (χ2v) is 5.42. The van der Waals surface area contributed by atoms with Gasteiger partial charge in [-0.25, -0.2) is 9.97 Å². The van der Waals surface area contributed by atoms with Gasteiger partial charge in [0.25, 0.3) is 0 Å². The predicted octanol–water partition coefficient (Wildman–Crippen LogP) is 4.07. The maximum absolute atomic E-state index is 5.96. The number of nitrogens with one attached hydrogen (secondary N) is 1. The molecule has 0 spiro atoms.